The molecule has 1 aromatic heterocycles. The Morgan fingerprint density at radius 3 is 2.48 bits per heavy atom. The summed E-state index contributed by atoms with van der Waals surface area (Å²) < 4.78 is 59.8. The van der Waals surface area contributed by atoms with Gasteiger partial charge in [0, 0.05) is 24.3 Å². The second-order valence-electron chi connectivity index (χ2n) is 8.08. The van der Waals surface area contributed by atoms with Crippen molar-refractivity contribution < 1.29 is 37.3 Å². The number of hydrogen-bond acceptors (Lipinski definition) is 7. The molecular weight excluding hydrogens is 443 g/mol. The van der Waals surface area contributed by atoms with Crippen LogP contribution in [0.2, 0.25) is 0 Å². The molecule has 8 nitrogen and oxygen atoms in total. The number of rotatable bonds is 4. The second-order valence-corrected chi connectivity index (χ2v) is 8.08. The molecule has 4 rings (SSSR count). The van der Waals surface area contributed by atoms with Gasteiger partial charge in [0.2, 0.25) is 0 Å². The van der Waals surface area contributed by atoms with Crippen LogP contribution in [-0.4, -0.2) is 58.7 Å². The van der Waals surface area contributed by atoms with E-state index in [1.54, 1.807) is 37.3 Å². The molecule has 33 heavy (non-hydrogen) atoms. The normalized spacial score (nSPS) is 22.1. The standard InChI is InChI=1S/C22H24F3N3O5/c1-13-17(18(26)28(27-13)14-6-4-3-5-7-14)15-8-9-20(32-10-11-33-20)12-16(15)21(30,19(29)31-2)22(23,24)25/h3-8,16,30H,9-12,26H2,1-2H3/t16?,21-/m0/s1. The number of benzene rings is 1. The molecule has 1 aromatic carbocycles. The number of aryl methyl sites for hydroxylation is 1. The Bertz CT molecular complexity index is 1080. The zero-order valence-electron chi connectivity index (χ0n) is 18.1. The van der Waals surface area contributed by atoms with Gasteiger partial charge in [0.05, 0.1) is 31.7 Å². The van der Waals surface area contributed by atoms with E-state index in [1.807, 2.05) is 0 Å². The van der Waals surface area contributed by atoms with Gasteiger partial charge in [0.15, 0.2) is 5.79 Å². The van der Waals surface area contributed by atoms with Crippen LogP contribution in [0.15, 0.2) is 36.4 Å². The minimum Gasteiger partial charge on any atom is -0.467 e. The summed E-state index contributed by atoms with van der Waals surface area (Å²) in [4.78, 5) is 12.4. The van der Waals surface area contributed by atoms with Crippen molar-refractivity contribution in [3.8, 4) is 5.69 Å². The Morgan fingerprint density at radius 2 is 1.91 bits per heavy atom. The van der Waals surface area contributed by atoms with Gasteiger partial charge < -0.3 is 25.1 Å². The summed E-state index contributed by atoms with van der Waals surface area (Å²) in [6.07, 6.45) is -4.20. The number of nitrogens with zero attached hydrogens (tertiary/aromatic N) is 2. The summed E-state index contributed by atoms with van der Waals surface area (Å²) in [6, 6.07) is 8.83. The molecule has 0 radical (unpaired) electrons. The molecule has 1 unspecified atom stereocenters. The number of para-hydroxylation sites is 1. The molecule has 3 N–H and O–H groups in total. The number of alkyl halides is 3. The quantitative estimate of drug-likeness (QED) is 0.666. The summed E-state index contributed by atoms with van der Waals surface area (Å²) in [5.74, 6) is -4.95. The van der Waals surface area contributed by atoms with Crippen molar-refractivity contribution in [2.24, 2.45) is 5.92 Å². The molecule has 0 bridgehead atoms. The van der Waals surface area contributed by atoms with Gasteiger partial charge in [-0.15, -0.1) is 0 Å². The fraction of sp³-hybridized carbons (Fsp3) is 0.455. The van der Waals surface area contributed by atoms with Crippen molar-refractivity contribution in [1.82, 2.24) is 9.78 Å². The maximum absolute atomic E-state index is 14.3. The first-order valence-electron chi connectivity index (χ1n) is 10.3. The number of nitrogens with two attached hydrogens (primary N) is 1. The number of anilines is 1. The van der Waals surface area contributed by atoms with Crippen LogP contribution < -0.4 is 5.73 Å². The van der Waals surface area contributed by atoms with E-state index in [0.717, 1.165) is 7.11 Å². The number of nitrogen functional groups attached to an aromatic ring is 1. The molecule has 0 saturated carbocycles. The molecule has 11 heteroatoms. The highest BCUT2D eigenvalue weighted by atomic mass is 19.4. The number of carbonyl (C=O) groups excluding carboxylic acids is 1. The van der Waals surface area contributed by atoms with Gasteiger partial charge in [-0.25, -0.2) is 9.48 Å². The number of aliphatic hydroxyl groups is 1. The van der Waals surface area contributed by atoms with Crippen molar-refractivity contribution in [3.63, 3.8) is 0 Å². The number of carbonyl (C=O) groups is 1. The van der Waals surface area contributed by atoms with Crippen LogP contribution in [0.1, 0.15) is 24.1 Å². The average Bonchev–Trinajstić information content (AvgIpc) is 3.36. The van der Waals surface area contributed by atoms with Crippen molar-refractivity contribution in [3.05, 3.63) is 47.7 Å². The molecular formula is C22H24F3N3O5. The van der Waals surface area contributed by atoms with E-state index in [-0.39, 0.29) is 36.6 Å². The Morgan fingerprint density at radius 1 is 1.27 bits per heavy atom. The van der Waals surface area contributed by atoms with Crippen LogP contribution in [0.3, 0.4) is 0 Å². The topological polar surface area (TPSA) is 109 Å². The highest BCUT2D eigenvalue weighted by Crippen LogP contribution is 2.52. The van der Waals surface area contributed by atoms with Crippen LogP contribution in [-0.2, 0) is 19.0 Å². The van der Waals surface area contributed by atoms with Gasteiger partial charge in [-0.2, -0.15) is 18.3 Å². The highest BCUT2D eigenvalue weighted by Gasteiger charge is 2.68. The zero-order chi connectivity index (χ0) is 24.0. The number of ether oxygens (including phenoxy) is 3. The predicted molar refractivity (Wildman–Crippen MR) is 111 cm³/mol. The van der Waals surface area contributed by atoms with E-state index in [1.165, 1.54) is 10.8 Å². The van der Waals surface area contributed by atoms with Crippen molar-refractivity contribution in [1.29, 1.82) is 0 Å². The Hall–Kier alpha value is -2.89. The van der Waals surface area contributed by atoms with Gasteiger partial charge in [-0.05, 0) is 24.6 Å². The van der Waals surface area contributed by atoms with Crippen molar-refractivity contribution >= 4 is 17.4 Å². The number of hydrogen-bond donors (Lipinski definition) is 2. The molecule has 2 aromatic rings. The lowest BCUT2D eigenvalue weighted by molar-refractivity contribution is -0.281. The van der Waals surface area contributed by atoms with Crippen LogP contribution in [0.4, 0.5) is 19.0 Å². The van der Waals surface area contributed by atoms with Crippen LogP contribution >= 0.6 is 0 Å². The molecule has 2 aliphatic rings. The molecule has 2 atom stereocenters. The Labute approximate surface area is 187 Å². The van der Waals surface area contributed by atoms with Crippen molar-refractivity contribution in [2.45, 2.75) is 37.3 Å². The fourth-order valence-electron chi connectivity index (χ4n) is 4.57. The summed E-state index contributed by atoms with van der Waals surface area (Å²) in [5, 5.41) is 15.3. The number of methoxy groups -OCH3 is 1. The monoisotopic (exact) mass is 467 g/mol. The summed E-state index contributed by atoms with van der Waals surface area (Å²) >= 11 is 0. The highest BCUT2D eigenvalue weighted by molar-refractivity contribution is 5.88. The van der Waals surface area contributed by atoms with E-state index in [9.17, 15) is 23.1 Å². The third kappa shape index (κ3) is 3.69. The first-order chi connectivity index (χ1) is 15.5. The average molecular weight is 467 g/mol. The molecule has 1 fully saturated rings. The Balaban J connectivity index is 1.90. The first kappa shape index (κ1) is 23.3. The van der Waals surface area contributed by atoms with Crippen LogP contribution in [0.5, 0.6) is 0 Å². The molecule has 1 aliphatic heterocycles. The van der Waals surface area contributed by atoms with E-state index in [0.29, 0.717) is 11.4 Å². The molecule has 2 heterocycles. The second kappa shape index (κ2) is 8.15. The Kier molecular flexibility index (Phi) is 5.75. The van der Waals surface area contributed by atoms with Gasteiger partial charge in [0.25, 0.3) is 5.60 Å². The molecule has 0 amide bonds. The lowest BCUT2D eigenvalue weighted by Crippen LogP contribution is -2.60. The smallest absolute Gasteiger partial charge is 0.428 e. The fourth-order valence-corrected chi connectivity index (χ4v) is 4.57. The van der Waals surface area contributed by atoms with E-state index in [2.05, 4.69) is 9.84 Å². The van der Waals surface area contributed by atoms with E-state index < -0.39 is 35.9 Å². The van der Waals surface area contributed by atoms with Gasteiger partial charge in [-0.1, -0.05) is 24.3 Å². The minimum atomic E-state index is -5.35. The van der Waals surface area contributed by atoms with Gasteiger partial charge >= 0.3 is 12.1 Å². The number of esters is 1. The molecule has 1 saturated heterocycles. The zero-order valence-corrected chi connectivity index (χ0v) is 18.1. The first-order valence-corrected chi connectivity index (χ1v) is 10.3. The summed E-state index contributed by atoms with van der Waals surface area (Å²) in [5.41, 5.74) is 3.68. The molecule has 178 valence electrons. The lowest BCUT2D eigenvalue weighted by atomic mass is 9.70. The molecule has 1 aliphatic carbocycles. The SMILES string of the molecule is COC(=O)[C@@](O)(C1CC2(CC=C1c1c(C)nn(-c3ccccc3)c1N)OCCO2)C(F)(F)F. The van der Waals surface area contributed by atoms with Crippen LogP contribution in [0.25, 0.3) is 11.3 Å². The third-order valence-corrected chi connectivity index (χ3v) is 6.16. The summed E-state index contributed by atoms with van der Waals surface area (Å²) in [7, 11) is 0.788. The van der Waals surface area contributed by atoms with Crippen LogP contribution in [0, 0.1) is 12.8 Å². The van der Waals surface area contributed by atoms with Crippen molar-refractivity contribution in [2.75, 3.05) is 26.1 Å². The lowest BCUT2D eigenvalue weighted by Gasteiger charge is -2.43. The van der Waals surface area contributed by atoms with Gasteiger partial charge in [-0.3, -0.25) is 0 Å². The number of halogens is 3. The minimum absolute atomic E-state index is 0.0298. The third-order valence-electron chi connectivity index (χ3n) is 6.16. The molecule has 1 spiro atoms. The van der Waals surface area contributed by atoms with E-state index >= 15 is 0 Å². The number of aromatic nitrogens is 2. The maximum Gasteiger partial charge on any atom is 0.428 e. The van der Waals surface area contributed by atoms with E-state index in [4.69, 9.17) is 15.2 Å². The summed E-state index contributed by atoms with van der Waals surface area (Å²) in [6.45, 7) is 1.97. The maximum atomic E-state index is 14.3. The van der Waals surface area contributed by atoms with Gasteiger partial charge in [0.1, 0.15) is 5.82 Å². The predicted octanol–water partition coefficient (Wildman–Crippen LogP) is 2.77. The largest absolute Gasteiger partial charge is 0.467 e.